The van der Waals surface area contributed by atoms with Gasteiger partial charge in [0.1, 0.15) is 23.6 Å². The molecule has 1 aromatic heterocycles. The van der Waals surface area contributed by atoms with Crippen LogP contribution >= 0.6 is 0 Å². The number of likely N-dealkylation sites (N-methyl/N-ethyl adjacent to an activating group) is 1. The quantitative estimate of drug-likeness (QED) is 0.308. The van der Waals surface area contributed by atoms with E-state index >= 15 is 4.39 Å². The Labute approximate surface area is 270 Å². The molecule has 0 bridgehead atoms. The summed E-state index contributed by atoms with van der Waals surface area (Å²) in [5.74, 6) is -1.78. The summed E-state index contributed by atoms with van der Waals surface area (Å²) in [5.41, 5.74) is 0.899. The van der Waals surface area contributed by atoms with Gasteiger partial charge in [-0.15, -0.1) is 0 Å². The Morgan fingerprint density at radius 1 is 0.935 bits per heavy atom. The maximum atomic E-state index is 15.7. The molecule has 250 valence electrons. The zero-order valence-corrected chi connectivity index (χ0v) is 27.6. The number of nitrogens with zero attached hydrogens (tertiary/aromatic N) is 4. The van der Waals surface area contributed by atoms with Gasteiger partial charge in [0, 0.05) is 50.8 Å². The first-order chi connectivity index (χ1) is 22.0. The third-order valence-electron chi connectivity index (χ3n) is 9.67. The summed E-state index contributed by atoms with van der Waals surface area (Å²) in [7, 11) is 2.00. The van der Waals surface area contributed by atoms with Gasteiger partial charge in [-0.2, -0.15) is 5.10 Å². The summed E-state index contributed by atoms with van der Waals surface area (Å²) in [6, 6.07) is 4.41. The average Bonchev–Trinajstić information content (AvgIpc) is 3.99. The predicted octanol–water partition coefficient (Wildman–Crippen LogP) is 3.55. The van der Waals surface area contributed by atoms with Crippen LogP contribution in [0.3, 0.4) is 0 Å². The Morgan fingerprint density at radius 3 is 2.15 bits per heavy atom. The monoisotopic (exact) mass is 637 g/mol. The van der Waals surface area contributed by atoms with Crippen molar-refractivity contribution in [3.05, 3.63) is 47.5 Å². The van der Waals surface area contributed by atoms with E-state index in [9.17, 15) is 19.2 Å². The normalized spacial score (nSPS) is 19.1. The van der Waals surface area contributed by atoms with E-state index < -0.39 is 29.7 Å². The summed E-state index contributed by atoms with van der Waals surface area (Å²) >= 11 is 0. The van der Waals surface area contributed by atoms with Crippen LogP contribution in [0.4, 0.5) is 10.1 Å². The van der Waals surface area contributed by atoms with Crippen molar-refractivity contribution in [3.8, 4) is 0 Å². The molecule has 2 aromatic rings. The molecule has 3 aliphatic rings. The molecule has 3 atom stereocenters. The number of nitrogens with one attached hydrogen (secondary N) is 3. The average molecular weight is 638 g/mol. The lowest BCUT2D eigenvalue weighted by atomic mass is 9.88. The van der Waals surface area contributed by atoms with Crippen molar-refractivity contribution in [3.63, 3.8) is 0 Å². The van der Waals surface area contributed by atoms with Crippen LogP contribution in [0.5, 0.6) is 0 Å². The first-order valence-electron chi connectivity index (χ1n) is 16.7. The lowest BCUT2D eigenvalue weighted by molar-refractivity contribution is -0.138. The SMILES string of the molecule is CCC(=O)N[C@@H](C(=O)N1CCN(C)CC1)[C@@H](C)c1ccc(NC(=O)[C@@H](NC(=O)c2ccnn2C(C)C)C(C2CC2)C2CC2)c(F)c1. The van der Waals surface area contributed by atoms with Gasteiger partial charge in [-0.05, 0) is 88.1 Å². The predicted molar refractivity (Wildman–Crippen MR) is 173 cm³/mol. The van der Waals surface area contributed by atoms with Crippen LogP contribution in [0.25, 0.3) is 0 Å². The largest absolute Gasteiger partial charge is 0.344 e. The number of rotatable bonds is 13. The lowest BCUT2D eigenvalue weighted by Crippen LogP contribution is -2.55. The van der Waals surface area contributed by atoms with E-state index in [0.29, 0.717) is 36.2 Å². The van der Waals surface area contributed by atoms with Gasteiger partial charge in [0.2, 0.25) is 17.7 Å². The number of carbonyl (C=O) groups excluding carboxylic acids is 4. The lowest BCUT2D eigenvalue weighted by Gasteiger charge is -2.36. The van der Waals surface area contributed by atoms with Gasteiger partial charge in [0.25, 0.3) is 5.91 Å². The van der Waals surface area contributed by atoms with Crippen LogP contribution in [0.15, 0.2) is 30.5 Å². The number of amides is 4. The smallest absolute Gasteiger partial charge is 0.270 e. The fourth-order valence-electron chi connectivity index (χ4n) is 6.57. The van der Waals surface area contributed by atoms with Gasteiger partial charge < -0.3 is 25.8 Å². The second-order valence-electron chi connectivity index (χ2n) is 13.5. The van der Waals surface area contributed by atoms with Crippen LogP contribution in [0.1, 0.15) is 87.8 Å². The van der Waals surface area contributed by atoms with E-state index in [1.165, 1.54) is 12.1 Å². The van der Waals surface area contributed by atoms with E-state index in [1.807, 2.05) is 20.9 Å². The van der Waals surface area contributed by atoms with E-state index in [-0.39, 0.29) is 41.8 Å². The molecule has 0 spiro atoms. The minimum atomic E-state index is -0.854. The summed E-state index contributed by atoms with van der Waals surface area (Å²) < 4.78 is 17.3. The molecule has 11 nitrogen and oxygen atoms in total. The molecule has 4 amide bonds. The minimum absolute atomic E-state index is 0.00250. The molecule has 0 unspecified atom stereocenters. The molecule has 2 aliphatic carbocycles. The van der Waals surface area contributed by atoms with Crippen molar-refractivity contribution in [2.75, 3.05) is 38.5 Å². The van der Waals surface area contributed by atoms with Gasteiger partial charge in [0.05, 0.1) is 5.69 Å². The van der Waals surface area contributed by atoms with E-state index in [0.717, 1.165) is 38.8 Å². The third kappa shape index (κ3) is 7.76. The Kier molecular flexibility index (Phi) is 10.4. The second-order valence-corrected chi connectivity index (χ2v) is 13.5. The molecule has 3 N–H and O–H groups in total. The molecule has 1 aromatic carbocycles. The van der Waals surface area contributed by atoms with Crippen LogP contribution in [-0.4, -0.2) is 88.5 Å². The first kappa shape index (κ1) is 33.6. The number of carbonyl (C=O) groups is 4. The summed E-state index contributed by atoms with van der Waals surface area (Å²) in [4.78, 5) is 57.2. The zero-order valence-electron chi connectivity index (χ0n) is 27.6. The highest BCUT2D eigenvalue weighted by molar-refractivity contribution is 6.01. The van der Waals surface area contributed by atoms with Crippen molar-refractivity contribution in [2.24, 2.45) is 17.8 Å². The number of piperazine rings is 1. The Hall–Kier alpha value is -3.80. The van der Waals surface area contributed by atoms with E-state index in [1.54, 1.807) is 41.8 Å². The van der Waals surface area contributed by atoms with Crippen molar-refractivity contribution in [2.45, 2.75) is 83.8 Å². The number of anilines is 1. The van der Waals surface area contributed by atoms with Crippen LogP contribution in [0, 0.1) is 23.6 Å². The molecule has 46 heavy (non-hydrogen) atoms. The Balaban J connectivity index is 1.34. The van der Waals surface area contributed by atoms with Crippen LogP contribution < -0.4 is 16.0 Å². The standard InChI is InChI=1S/C34H48FN7O4/c1-6-28(43)38-30(34(46)41-17-15-40(5)16-18-41)21(4)24-11-12-26(25(35)19-24)37-33(45)31(29(22-7-8-22)23-9-10-23)39-32(44)27-13-14-36-42(27)20(2)3/h11-14,19-23,29-31H,6-10,15-18H2,1-5H3,(H,37,45)(H,38,43)(H,39,44)/t21-,30+,31-/m0/s1. The highest BCUT2D eigenvalue weighted by Crippen LogP contribution is 2.51. The summed E-state index contributed by atoms with van der Waals surface area (Å²) in [5, 5.41) is 12.9. The fraction of sp³-hybridized carbons (Fsp3) is 0.618. The Bertz CT molecular complexity index is 1420. The van der Waals surface area contributed by atoms with E-state index in [2.05, 4.69) is 25.9 Å². The number of hydrogen-bond acceptors (Lipinski definition) is 6. The molecule has 2 saturated carbocycles. The molecule has 12 heteroatoms. The fourth-order valence-corrected chi connectivity index (χ4v) is 6.57. The van der Waals surface area contributed by atoms with Crippen molar-refractivity contribution >= 4 is 29.3 Å². The highest BCUT2D eigenvalue weighted by Gasteiger charge is 2.48. The molecule has 3 fully saturated rings. The molecular weight excluding hydrogens is 589 g/mol. The molecule has 1 aliphatic heterocycles. The van der Waals surface area contributed by atoms with Gasteiger partial charge >= 0.3 is 0 Å². The third-order valence-corrected chi connectivity index (χ3v) is 9.67. The summed E-state index contributed by atoms with van der Waals surface area (Å²) in [6.45, 7) is 9.97. The molecule has 0 radical (unpaired) electrons. The van der Waals surface area contributed by atoms with Gasteiger partial charge in [0.15, 0.2) is 0 Å². The van der Waals surface area contributed by atoms with Gasteiger partial charge in [-0.25, -0.2) is 4.39 Å². The maximum absolute atomic E-state index is 15.7. The number of halogens is 1. The number of hydrogen-bond donors (Lipinski definition) is 3. The van der Waals surface area contributed by atoms with Crippen LogP contribution in [0.2, 0.25) is 0 Å². The van der Waals surface area contributed by atoms with Crippen molar-refractivity contribution in [1.29, 1.82) is 0 Å². The highest BCUT2D eigenvalue weighted by atomic mass is 19.1. The number of aromatic nitrogens is 2. The topological polar surface area (TPSA) is 129 Å². The first-order valence-corrected chi connectivity index (χ1v) is 16.7. The van der Waals surface area contributed by atoms with E-state index in [4.69, 9.17) is 0 Å². The van der Waals surface area contributed by atoms with Gasteiger partial charge in [-0.3, -0.25) is 23.9 Å². The minimum Gasteiger partial charge on any atom is -0.344 e. The summed E-state index contributed by atoms with van der Waals surface area (Å²) in [6.07, 6.45) is 5.82. The number of benzene rings is 1. The van der Waals surface area contributed by atoms with Crippen LogP contribution in [-0.2, 0) is 14.4 Å². The zero-order chi connectivity index (χ0) is 33.1. The molecule has 5 rings (SSSR count). The molecular formula is C34H48FN7O4. The van der Waals surface area contributed by atoms with Gasteiger partial charge in [-0.1, -0.05) is 19.9 Å². The van der Waals surface area contributed by atoms with Crippen molar-refractivity contribution < 1.29 is 23.6 Å². The second kappa shape index (κ2) is 14.3. The van der Waals surface area contributed by atoms with Crippen molar-refractivity contribution in [1.82, 2.24) is 30.2 Å². The Morgan fingerprint density at radius 2 is 1.59 bits per heavy atom. The molecule has 2 heterocycles. The maximum Gasteiger partial charge on any atom is 0.270 e. The molecule has 1 saturated heterocycles.